The van der Waals surface area contributed by atoms with Crippen molar-refractivity contribution in [3.05, 3.63) is 151 Å². The summed E-state index contributed by atoms with van der Waals surface area (Å²) < 4.78 is 0. The van der Waals surface area contributed by atoms with E-state index in [0.29, 0.717) is 11.0 Å². The molecule has 1 fully saturated rings. The van der Waals surface area contributed by atoms with E-state index in [4.69, 9.17) is 15.1 Å². The molecule has 1 aliphatic heterocycles. The van der Waals surface area contributed by atoms with Crippen LogP contribution in [0.3, 0.4) is 0 Å². The molecule has 7 rings (SSSR count). The standard InChI is InChI=1S/C36H25N5S/c1-4-16-28(17-5-1)38-34-35(39-29-18-6-2-7-19-29)42-36(41(34)30-20-8-3-9-21-30)40-37-25-33-31-22-12-10-14-26(31)24-27-15-11-13-23-32(27)33/h1-25H/b37-25+,38-34?,39-35?,40-36-. The summed E-state index contributed by atoms with van der Waals surface area (Å²) in [7, 11) is 0. The summed E-state index contributed by atoms with van der Waals surface area (Å²) in [4.78, 5) is 12.1. The van der Waals surface area contributed by atoms with Gasteiger partial charge in [0.25, 0.3) is 0 Å². The summed E-state index contributed by atoms with van der Waals surface area (Å²) >= 11 is 1.46. The number of hydrogen-bond acceptors (Lipinski definition) is 5. The van der Waals surface area contributed by atoms with Gasteiger partial charge in [-0.05, 0) is 75.8 Å². The number of benzene rings is 6. The number of anilines is 1. The minimum atomic E-state index is 0.673. The Bertz CT molecular complexity index is 1950. The molecule has 0 spiro atoms. The Morgan fingerprint density at radius 3 is 1.69 bits per heavy atom. The fourth-order valence-electron chi connectivity index (χ4n) is 4.98. The van der Waals surface area contributed by atoms with Gasteiger partial charge in [0.2, 0.25) is 5.17 Å². The van der Waals surface area contributed by atoms with Crippen LogP contribution in [0.1, 0.15) is 5.56 Å². The Labute approximate surface area is 248 Å². The zero-order valence-electron chi connectivity index (χ0n) is 22.6. The van der Waals surface area contributed by atoms with Crippen molar-refractivity contribution >= 4 is 72.6 Å². The summed E-state index contributed by atoms with van der Waals surface area (Å²) in [6, 6.07) is 48.9. The molecule has 6 heteroatoms. The Morgan fingerprint density at radius 1 is 0.548 bits per heavy atom. The van der Waals surface area contributed by atoms with Crippen LogP contribution in [0.2, 0.25) is 0 Å². The lowest BCUT2D eigenvalue weighted by molar-refractivity contribution is 1.24. The van der Waals surface area contributed by atoms with Crippen molar-refractivity contribution in [2.45, 2.75) is 0 Å². The van der Waals surface area contributed by atoms with Crippen molar-refractivity contribution in [2.75, 3.05) is 4.90 Å². The lowest BCUT2D eigenvalue weighted by atomic mass is 9.97. The Kier molecular flexibility index (Phi) is 7.11. The third-order valence-electron chi connectivity index (χ3n) is 6.92. The SMILES string of the molecule is C(=N\N=C1/SC(=Nc2ccccc2)C(=Nc2ccccc2)N1c1ccccc1)/c1c2ccccc2cc2ccccc12. The van der Waals surface area contributed by atoms with E-state index in [0.717, 1.165) is 38.4 Å². The van der Waals surface area contributed by atoms with Gasteiger partial charge in [-0.3, -0.25) is 4.90 Å². The fraction of sp³-hybridized carbons (Fsp3) is 0. The van der Waals surface area contributed by atoms with Gasteiger partial charge in [-0.1, -0.05) is 103 Å². The minimum Gasteiger partial charge on any atom is -0.269 e. The number of hydrogen-bond donors (Lipinski definition) is 0. The lowest BCUT2D eigenvalue weighted by Gasteiger charge is -2.17. The van der Waals surface area contributed by atoms with Crippen molar-refractivity contribution in [1.82, 2.24) is 0 Å². The summed E-state index contributed by atoms with van der Waals surface area (Å²) in [5, 5.41) is 15.5. The smallest absolute Gasteiger partial charge is 0.202 e. The number of fused-ring (bicyclic) bond motifs is 2. The van der Waals surface area contributed by atoms with Crippen LogP contribution in [0.4, 0.5) is 17.1 Å². The lowest BCUT2D eigenvalue weighted by Crippen LogP contribution is -2.30. The van der Waals surface area contributed by atoms with Gasteiger partial charge in [0.15, 0.2) is 5.84 Å². The van der Waals surface area contributed by atoms with Crippen LogP contribution < -0.4 is 4.90 Å². The molecule has 200 valence electrons. The van der Waals surface area contributed by atoms with E-state index in [1.54, 1.807) is 0 Å². The number of amidine groups is 2. The third-order valence-corrected chi connectivity index (χ3v) is 7.83. The number of para-hydroxylation sites is 3. The molecule has 0 N–H and O–H groups in total. The third kappa shape index (κ3) is 5.23. The number of thioether (sulfide) groups is 1. The second kappa shape index (κ2) is 11.6. The predicted molar refractivity (Wildman–Crippen MR) is 180 cm³/mol. The normalized spacial score (nSPS) is 16.5. The molecule has 0 atom stereocenters. The fourth-order valence-corrected chi connectivity index (χ4v) is 5.90. The zero-order valence-corrected chi connectivity index (χ0v) is 23.4. The first-order chi connectivity index (χ1) is 20.8. The first kappa shape index (κ1) is 25.6. The zero-order chi connectivity index (χ0) is 28.1. The molecule has 0 aliphatic carbocycles. The molecule has 0 amide bonds. The molecule has 0 unspecified atom stereocenters. The van der Waals surface area contributed by atoms with E-state index in [-0.39, 0.29) is 0 Å². The summed E-state index contributed by atoms with van der Waals surface area (Å²) in [5.41, 5.74) is 3.66. The summed E-state index contributed by atoms with van der Waals surface area (Å²) in [6.45, 7) is 0. The van der Waals surface area contributed by atoms with Gasteiger partial charge in [-0.2, -0.15) is 5.10 Å². The van der Waals surface area contributed by atoms with Crippen LogP contribution in [0, 0.1) is 0 Å². The van der Waals surface area contributed by atoms with E-state index in [2.05, 4.69) is 59.7 Å². The molecular weight excluding hydrogens is 534 g/mol. The van der Waals surface area contributed by atoms with Crippen LogP contribution in [0.15, 0.2) is 166 Å². The van der Waals surface area contributed by atoms with Crippen molar-refractivity contribution in [3.63, 3.8) is 0 Å². The predicted octanol–water partition coefficient (Wildman–Crippen LogP) is 9.40. The van der Waals surface area contributed by atoms with Crippen molar-refractivity contribution in [2.24, 2.45) is 20.2 Å². The number of aliphatic imine (C=N–C) groups is 2. The van der Waals surface area contributed by atoms with Gasteiger partial charge in [0.05, 0.1) is 17.6 Å². The molecule has 0 saturated carbocycles. The highest BCUT2D eigenvalue weighted by Crippen LogP contribution is 2.33. The molecule has 0 bridgehead atoms. The largest absolute Gasteiger partial charge is 0.269 e. The van der Waals surface area contributed by atoms with Gasteiger partial charge >= 0.3 is 0 Å². The molecule has 0 radical (unpaired) electrons. The van der Waals surface area contributed by atoms with Gasteiger partial charge < -0.3 is 0 Å². The van der Waals surface area contributed by atoms with Crippen LogP contribution >= 0.6 is 11.8 Å². The molecule has 5 nitrogen and oxygen atoms in total. The maximum Gasteiger partial charge on any atom is 0.202 e. The topological polar surface area (TPSA) is 52.7 Å². The molecular formula is C36H25N5S. The minimum absolute atomic E-state index is 0.673. The van der Waals surface area contributed by atoms with E-state index in [1.807, 2.05) is 102 Å². The molecule has 1 aliphatic rings. The second-order valence-corrected chi connectivity index (χ2v) is 10.6. The van der Waals surface area contributed by atoms with Crippen LogP contribution in [0.25, 0.3) is 21.5 Å². The Morgan fingerprint density at radius 2 is 1.07 bits per heavy atom. The first-order valence-corrected chi connectivity index (χ1v) is 14.5. The second-order valence-electron chi connectivity index (χ2n) is 9.66. The highest BCUT2D eigenvalue weighted by Gasteiger charge is 2.35. The maximum absolute atomic E-state index is 5.05. The van der Waals surface area contributed by atoms with E-state index in [1.165, 1.54) is 22.5 Å². The average Bonchev–Trinajstić information content (AvgIpc) is 3.38. The summed E-state index contributed by atoms with van der Waals surface area (Å²) in [5.74, 6) is 0.700. The van der Waals surface area contributed by atoms with E-state index >= 15 is 0 Å². The molecule has 1 heterocycles. The Hall–Kier alpha value is -5.33. The Balaban J connectivity index is 1.38. The molecule has 6 aromatic rings. The van der Waals surface area contributed by atoms with E-state index < -0.39 is 0 Å². The van der Waals surface area contributed by atoms with Gasteiger partial charge in [0, 0.05) is 11.3 Å². The van der Waals surface area contributed by atoms with Crippen molar-refractivity contribution < 1.29 is 0 Å². The quantitative estimate of drug-likeness (QED) is 0.120. The van der Waals surface area contributed by atoms with Crippen LogP contribution in [-0.4, -0.2) is 22.3 Å². The molecule has 1 saturated heterocycles. The molecule has 6 aromatic carbocycles. The summed E-state index contributed by atoms with van der Waals surface area (Å²) in [6.07, 6.45) is 1.86. The van der Waals surface area contributed by atoms with Crippen LogP contribution in [-0.2, 0) is 0 Å². The highest BCUT2D eigenvalue weighted by atomic mass is 32.2. The van der Waals surface area contributed by atoms with Crippen molar-refractivity contribution in [3.8, 4) is 0 Å². The molecule has 0 aromatic heterocycles. The van der Waals surface area contributed by atoms with E-state index in [9.17, 15) is 0 Å². The van der Waals surface area contributed by atoms with Crippen molar-refractivity contribution in [1.29, 1.82) is 0 Å². The monoisotopic (exact) mass is 559 g/mol. The van der Waals surface area contributed by atoms with Gasteiger partial charge in [0.1, 0.15) is 5.04 Å². The number of rotatable bonds is 5. The maximum atomic E-state index is 5.05. The van der Waals surface area contributed by atoms with Gasteiger partial charge in [-0.25, -0.2) is 9.98 Å². The molecule has 42 heavy (non-hydrogen) atoms. The average molecular weight is 560 g/mol. The van der Waals surface area contributed by atoms with Gasteiger partial charge in [-0.15, -0.1) is 5.10 Å². The number of nitrogens with zero attached hydrogens (tertiary/aromatic N) is 5. The first-order valence-electron chi connectivity index (χ1n) is 13.7. The highest BCUT2D eigenvalue weighted by molar-refractivity contribution is 8.29. The van der Waals surface area contributed by atoms with Crippen LogP contribution in [0.5, 0.6) is 0 Å².